The normalized spacial score (nSPS) is 15.0. The van der Waals surface area contributed by atoms with Crippen LogP contribution < -0.4 is 0 Å². The van der Waals surface area contributed by atoms with Crippen molar-refractivity contribution in [3.63, 3.8) is 0 Å². The summed E-state index contributed by atoms with van der Waals surface area (Å²) in [5.41, 5.74) is 2.06. The molecule has 3 aromatic carbocycles. The molecule has 0 aliphatic carbocycles. The third-order valence-electron chi connectivity index (χ3n) is 6.87. The van der Waals surface area contributed by atoms with Gasteiger partial charge in [-0.1, -0.05) is 72.5 Å². The van der Waals surface area contributed by atoms with Gasteiger partial charge < -0.3 is 19.1 Å². The van der Waals surface area contributed by atoms with Crippen molar-refractivity contribution in [2.45, 2.75) is 33.6 Å². The van der Waals surface area contributed by atoms with Gasteiger partial charge >= 0.3 is 18.1 Å². The van der Waals surface area contributed by atoms with E-state index in [2.05, 4.69) is 11.8 Å². The topological polar surface area (TPSA) is 65.1 Å². The fourth-order valence-electron chi connectivity index (χ4n) is 4.73. The van der Waals surface area contributed by atoms with Gasteiger partial charge in [-0.25, -0.2) is 9.59 Å². The van der Waals surface area contributed by atoms with E-state index in [1.165, 1.54) is 12.1 Å². The molecule has 1 heterocycles. The maximum atomic E-state index is 14.1. The van der Waals surface area contributed by atoms with Crippen LogP contribution in [-0.4, -0.2) is 36.8 Å². The molecule has 1 aliphatic heterocycles. The standard InChI is InChI=1S/C35H32F3NO5/c1-4-42-23-39-24(3)30(33(40)43-5-2)29(21-18-25-12-8-6-9-13-25)31(32(39)27-14-10-7-11-15-27)34(41)44-22-26-16-19-28(20-17-26)35(36,37)38/h6-17,19-20,29H,4-5,22-23H2,1-3H3. The molecule has 44 heavy (non-hydrogen) atoms. The zero-order chi connectivity index (χ0) is 31.7. The zero-order valence-electron chi connectivity index (χ0n) is 24.6. The van der Waals surface area contributed by atoms with Gasteiger partial charge in [-0.3, -0.25) is 0 Å². The van der Waals surface area contributed by atoms with Crippen molar-refractivity contribution >= 4 is 17.6 Å². The molecule has 0 saturated heterocycles. The van der Waals surface area contributed by atoms with Gasteiger partial charge in [0.05, 0.1) is 34.9 Å². The molecule has 6 nitrogen and oxygen atoms in total. The maximum Gasteiger partial charge on any atom is 0.416 e. The van der Waals surface area contributed by atoms with Crippen molar-refractivity contribution in [2.24, 2.45) is 5.92 Å². The van der Waals surface area contributed by atoms with Crippen LogP contribution in [0.2, 0.25) is 0 Å². The van der Waals surface area contributed by atoms with Crippen LogP contribution in [0.1, 0.15) is 43.0 Å². The molecule has 1 aliphatic rings. The van der Waals surface area contributed by atoms with E-state index in [-0.39, 0.29) is 31.1 Å². The predicted molar refractivity (Wildman–Crippen MR) is 159 cm³/mol. The summed E-state index contributed by atoms with van der Waals surface area (Å²) in [6.07, 6.45) is -4.49. The molecule has 0 fully saturated rings. The molecule has 9 heteroatoms. The van der Waals surface area contributed by atoms with Crippen molar-refractivity contribution in [3.8, 4) is 11.8 Å². The number of esters is 2. The van der Waals surface area contributed by atoms with Crippen LogP contribution in [0, 0.1) is 17.8 Å². The molecule has 0 amide bonds. The third-order valence-corrected chi connectivity index (χ3v) is 6.87. The van der Waals surface area contributed by atoms with E-state index in [1.807, 2.05) is 67.6 Å². The molecule has 0 aromatic heterocycles. The van der Waals surface area contributed by atoms with Gasteiger partial charge in [0.1, 0.15) is 13.3 Å². The second-order valence-corrected chi connectivity index (χ2v) is 9.74. The molecule has 0 N–H and O–H groups in total. The monoisotopic (exact) mass is 603 g/mol. The minimum Gasteiger partial charge on any atom is -0.463 e. The summed E-state index contributed by atoms with van der Waals surface area (Å²) in [4.78, 5) is 29.3. The first-order valence-electron chi connectivity index (χ1n) is 14.1. The molecule has 1 unspecified atom stereocenters. The Morgan fingerprint density at radius 3 is 2.02 bits per heavy atom. The van der Waals surface area contributed by atoms with E-state index in [9.17, 15) is 22.8 Å². The van der Waals surface area contributed by atoms with E-state index in [0.29, 0.717) is 34.7 Å². The Morgan fingerprint density at radius 2 is 1.43 bits per heavy atom. The van der Waals surface area contributed by atoms with Crippen LogP contribution in [0.15, 0.2) is 102 Å². The minimum atomic E-state index is -4.49. The second kappa shape index (κ2) is 14.6. The second-order valence-electron chi connectivity index (χ2n) is 9.74. The Bertz CT molecular complexity index is 1580. The Morgan fingerprint density at radius 1 is 0.818 bits per heavy atom. The number of halogens is 3. The number of carbonyl (C=O) groups is 2. The van der Waals surface area contributed by atoms with Gasteiger partial charge in [0.2, 0.25) is 0 Å². The van der Waals surface area contributed by atoms with E-state index in [1.54, 1.807) is 18.7 Å². The average molecular weight is 604 g/mol. The van der Waals surface area contributed by atoms with Crippen molar-refractivity contribution in [2.75, 3.05) is 19.9 Å². The molecule has 1 atom stereocenters. The van der Waals surface area contributed by atoms with Crippen molar-refractivity contribution in [1.82, 2.24) is 4.90 Å². The number of rotatable bonds is 9. The van der Waals surface area contributed by atoms with Crippen LogP contribution in [-0.2, 0) is 36.6 Å². The Hall–Kier alpha value is -4.81. The lowest BCUT2D eigenvalue weighted by Gasteiger charge is -2.37. The van der Waals surface area contributed by atoms with Gasteiger partial charge in [-0.05, 0) is 56.2 Å². The summed E-state index contributed by atoms with van der Waals surface area (Å²) < 4.78 is 56.1. The summed E-state index contributed by atoms with van der Waals surface area (Å²) in [6.45, 7) is 5.44. The van der Waals surface area contributed by atoms with Crippen LogP contribution in [0.25, 0.3) is 5.70 Å². The highest BCUT2D eigenvalue weighted by Gasteiger charge is 2.41. The third kappa shape index (κ3) is 7.57. The SMILES string of the molecule is CCOCN1C(C)=C(C(=O)OCC)C(C#Cc2ccccc2)C(C(=O)OCc2ccc(C(F)(F)F)cc2)=C1c1ccccc1. The highest BCUT2D eigenvalue weighted by molar-refractivity contribution is 6.04. The maximum absolute atomic E-state index is 14.1. The Kier molecular flexibility index (Phi) is 10.6. The summed E-state index contributed by atoms with van der Waals surface area (Å²) in [5.74, 6) is 3.73. The lowest BCUT2D eigenvalue weighted by Crippen LogP contribution is -2.37. The molecule has 0 bridgehead atoms. The van der Waals surface area contributed by atoms with E-state index in [0.717, 1.165) is 12.1 Å². The first-order chi connectivity index (χ1) is 21.2. The van der Waals surface area contributed by atoms with Gasteiger partial charge in [0, 0.05) is 17.9 Å². The van der Waals surface area contributed by atoms with Gasteiger partial charge in [0.25, 0.3) is 0 Å². The Balaban J connectivity index is 1.87. The van der Waals surface area contributed by atoms with Gasteiger partial charge in [-0.2, -0.15) is 13.2 Å². The van der Waals surface area contributed by atoms with Crippen molar-refractivity contribution in [1.29, 1.82) is 0 Å². The van der Waals surface area contributed by atoms with Crippen LogP contribution >= 0.6 is 0 Å². The van der Waals surface area contributed by atoms with E-state index in [4.69, 9.17) is 14.2 Å². The Labute approximate surface area is 254 Å². The lowest BCUT2D eigenvalue weighted by molar-refractivity contribution is -0.141. The fraction of sp³-hybridized carbons (Fsp3) is 0.257. The van der Waals surface area contributed by atoms with E-state index >= 15 is 0 Å². The summed E-state index contributed by atoms with van der Waals surface area (Å²) in [5, 5.41) is 0. The highest BCUT2D eigenvalue weighted by Crippen LogP contribution is 2.41. The van der Waals surface area contributed by atoms with Crippen LogP contribution in [0.4, 0.5) is 13.2 Å². The summed E-state index contributed by atoms with van der Waals surface area (Å²) in [6, 6.07) is 22.6. The molecule has 228 valence electrons. The molecular formula is C35H32F3NO5. The first-order valence-corrected chi connectivity index (χ1v) is 14.1. The number of ether oxygens (including phenoxy) is 3. The number of hydrogen-bond acceptors (Lipinski definition) is 6. The zero-order valence-corrected chi connectivity index (χ0v) is 24.6. The minimum absolute atomic E-state index is 0.0178. The molecular weight excluding hydrogens is 571 g/mol. The van der Waals surface area contributed by atoms with Crippen molar-refractivity contribution in [3.05, 3.63) is 124 Å². The van der Waals surface area contributed by atoms with Gasteiger partial charge in [-0.15, -0.1) is 0 Å². The largest absolute Gasteiger partial charge is 0.463 e. The lowest BCUT2D eigenvalue weighted by atomic mass is 9.83. The number of nitrogens with zero attached hydrogens (tertiary/aromatic N) is 1. The number of carbonyl (C=O) groups excluding carboxylic acids is 2. The van der Waals surface area contributed by atoms with Crippen molar-refractivity contribution < 1.29 is 37.0 Å². The molecule has 0 spiro atoms. The predicted octanol–water partition coefficient (Wildman–Crippen LogP) is 6.97. The smallest absolute Gasteiger partial charge is 0.416 e. The summed E-state index contributed by atoms with van der Waals surface area (Å²) >= 11 is 0. The van der Waals surface area contributed by atoms with Crippen LogP contribution in [0.5, 0.6) is 0 Å². The van der Waals surface area contributed by atoms with Gasteiger partial charge in [0.15, 0.2) is 0 Å². The fourth-order valence-corrected chi connectivity index (χ4v) is 4.73. The van der Waals surface area contributed by atoms with E-state index < -0.39 is 29.6 Å². The number of allylic oxidation sites excluding steroid dienone is 1. The highest BCUT2D eigenvalue weighted by atomic mass is 19.4. The summed E-state index contributed by atoms with van der Waals surface area (Å²) in [7, 11) is 0. The number of benzene rings is 3. The molecule has 3 aromatic rings. The quantitative estimate of drug-likeness (QED) is 0.194. The molecule has 0 saturated carbocycles. The number of hydrogen-bond donors (Lipinski definition) is 0. The molecule has 0 radical (unpaired) electrons. The van der Waals surface area contributed by atoms with Crippen LogP contribution in [0.3, 0.4) is 0 Å². The molecule has 4 rings (SSSR count). The average Bonchev–Trinajstić information content (AvgIpc) is 3.02. The first kappa shape index (κ1) is 32.1. The number of alkyl halides is 3.